The molecule has 5 heteroatoms. The normalized spacial score (nSPS) is 10.5. The Bertz CT molecular complexity index is 1020. The summed E-state index contributed by atoms with van der Waals surface area (Å²) in [5.74, 6) is 1.93. The second kappa shape index (κ2) is 7.11. The smallest absolute Gasteiger partial charge is 0.227 e. The number of ether oxygens (including phenoxy) is 1. The average Bonchev–Trinajstić information content (AvgIpc) is 2.70. The Morgan fingerprint density at radius 1 is 0.731 bits per heavy atom. The molecule has 4 rings (SSSR count). The highest BCUT2D eigenvalue weighted by molar-refractivity contribution is 5.71. The summed E-state index contributed by atoms with van der Waals surface area (Å²) in [7, 11) is 0. The maximum Gasteiger partial charge on any atom is 0.227 e. The summed E-state index contributed by atoms with van der Waals surface area (Å²) in [6, 6.07) is 15.3. The largest absolute Gasteiger partial charge is 0.438 e. The molecule has 3 heterocycles. The summed E-state index contributed by atoms with van der Waals surface area (Å²) >= 11 is 0. The molecule has 3 aromatic heterocycles. The Hall–Kier alpha value is -3.60. The van der Waals surface area contributed by atoms with Gasteiger partial charge in [-0.3, -0.25) is 4.98 Å². The fourth-order valence-electron chi connectivity index (χ4n) is 2.65. The first-order chi connectivity index (χ1) is 12.8. The van der Waals surface area contributed by atoms with Crippen molar-refractivity contribution in [3.05, 3.63) is 85.1 Å². The van der Waals surface area contributed by atoms with Gasteiger partial charge in [0.15, 0.2) is 5.82 Å². The summed E-state index contributed by atoms with van der Waals surface area (Å²) in [5, 5.41) is 0. The average molecular weight is 340 g/mol. The molecule has 0 saturated heterocycles. The van der Waals surface area contributed by atoms with Gasteiger partial charge in [-0.05, 0) is 61.0 Å². The van der Waals surface area contributed by atoms with Crippen LogP contribution < -0.4 is 4.74 Å². The highest BCUT2D eigenvalue weighted by Gasteiger charge is 2.11. The van der Waals surface area contributed by atoms with E-state index in [0.29, 0.717) is 17.5 Å². The predicted octanol–water partition coefficient (Wildman–Crippen LogP) is 4.70. The standard InChI is InChI=1S/C21H16N4O/c1-15-9-13-22-14-19(15)18-4-2-10-25-21(18)26-17-7-5-16(6-8-17)20-23-11-3-12-24-20/h2-14H,1H3. The number of aryl methyl sites for hydroxylation is 1. The number of benzene rings is 1. The number of hydrogen-bond donors (Lipinski definition) is 0. The molecule has 0 N–H and O–H groups in total. The van der Waals surface area contributed by atoms with Crippen molar-refractivity contribution in [3.8, 4) is 34.1 Å². The van der Waals surface area contributed by atoms with Gasteiger partial charge in [0.05, 0.1) is 0 Å². The summed E-state index contributed by atoms with van der Waals surface area (Å²) in [6.45, 7) is 2.04. The molecule has 0 bridgehead atoms. The molecule has 0 fully saturated rings. The van der Waals surface area contributed by atoms with Gasteiger partial charge >= 0.3 is 0 Å². The van der Waals surface area contributed by atoms with Crippen molar-refractivity contribution < 1.29 is 4.74 Å². The highest BCUT2D eigenvalue weighted by Crippen LogP contribution is 2.33. The van der Waals surface area contributed by atoms with Gasteiger partial charge in [-0.15, -0.1) is 0 Å². The molecule has 126 valence electrons. The lowest BCUT2D eigenvalue weighted by Gasteiger charge is -2.11. The minimum absolute atomic E-state index is 0.548. The lowest BCUT2D eigenvalue weighted by Crippen LogP contribution is -1.93. The van der Waals surface area contributed by atoms with Crippen LogP contribution in [0.15, 0.2) is 79.5 Å². The van der Waals surface area contributed by atoms with Crippen LogP contribution in [-0.2, 0) is 0 Å². The van der Waals surface area contributed by atoms with Crippen molar-refractivity contribution in [1.29, 1.82) is 0 Å². The first-order valence-corrected chi connectivity index (χ1v) is 8.22. The van der Waals surface area contributed by atoms with Crippen molar-refractivity contribution in [2.24, 2.45) is 0 Å². The SMILES string of the molecule is Cc1ccncc1-c1cccnc1Oc1ccc(-c2ncccn2)cc1. The predicted molar refractivity (Wildman–Crippen MR) is 99.7 cm³/mol. The van der Waals surface area contributed by atoms with Gasteiger partial charge in [-0.1, -0.05) is 0 Å². The molecule has 1 aromatic carbocycles. The Morgan fingerprint density at radius 2 is 1.50 bits per heavy atom. The molecule has 0 aliphatic rings. The van der Waals surface area contributed by atoms with E-state index in [2.05, 4.69) is 19.9 Å². The van der Waals surface area contributed by atoms with Crippen molar-refractivity contribution in [1.82, 2.24) is 19.9 Å². The van der Waals surface area contributed by atoms with E-state index in [1.54, 1.807) is 30.9 Å². The topological polar surface area (TPSA) is 60.8 Å². The first-order valence-electron chi connectivity index (χ1n) is 8.22. The maximum atomic E-state index is 6.03. The van der Waals surface area contributed by atoms with Gasteiger partial charge in [0.1, 0.15) is 5.75 Å². The summed E-state index contributed by atoms with van der Waals surface area (Å²) in [4.78, 5) is 17.1. The third kappa shape index (κ3) is 3.28. The number of aromatic nitrogens is 4. The van der Waals surface area contributed by atoms with Gasteiger partial charge in [0, 0.05) is 47.7 Å². The van der Waals surface area contributed by atoms with E-state index in [-0.39, 0.29) is 0 Å². The van der Waals surface area contributed by atoms with E-state index in [4.69, 9.17) is 4.74 Å². The first kappa shape index (κ1) is 15.9. The van der Waals surface area contributed by atoms with Crippen LogP contribution in [0.1, 0.15) is 5.56 Å². The van der Waals surface area contributed by atoms with Crippen LogP contribution in [-0.4, -0.2) is 19.9 Å². The lowest BCUT2D eigenvalue weighted by molar-refractivity contribution is 0.465. The second-order valence-electron chi connectivity index (χ2n) is 5.75. The summed E-state index contributed by atoms with van der Waals surface area (Å²) < 4.78 is 6.03. The van der Waals surface area contributed by atoms with Gasteiger partial charge in [-0.2, -0.15) is 0 Å². The third-order valence-electron chi connectivity index (χ3n) is 3.99. The Labute approximate surface area is 151 Å². The fourth-order valence-corrected chi connectivity index (χ4v) is 2.65. The molecular weight excluding hydrogens is 324 g/mol. The van der Waals surface area contributed by atoms with Crippen molar-refractivity contribution >= 4 is 0 Å². The fraction of sp³-hybridized carbons (Fsp3) is 0.0476. The van der Waals surface area contributed by atoms with Crippen LogP contribution in [0.4, 0.5) is 0 Å². The van der Waals surface area contributed by atoms with E-state index in [1.165, 1.54) is 0 Å². The third-order valence-corrected chi connectivity index (χ3v) is 3.99. The van der Waals surface area contributed by atoms with Crippen LogP contribution in [0.3, 0.4) is 0 Å². The van der Waals surface area contributed by atoms with E-state index in [0.717, 1.165) is 22.3 Å². The van der Waals surface area contributed by atoms with E-state index < -0.39 is 0 Å². The minimum Gasteiger partial charge on any atom is -0.438 e. The van der Waals surface area contributed by atoms with Crippen LogP contribution in [0.5, 0.6) is 11.6 Å². The van der Waals surface area contributed by atoms with Gasteiger partial charge in [0.25, 0.3) is 0 Å². The maximum absolute atomic E-state index is 6.03. The van der Waals surface area contributed by atoms with Gasteiger partial charge in [-0.25, -0.2) is 15.0 Å². The quantitative estimate of drug-likeness (QED) is 0.539. The molecule has 0 amide bonds. The molecule has 5 nitrogen and oxygen atoms in total. The molecule has 0 unspecified atom stereocenters. The molecular formula is C21H16N4O. The Morgan fingerprint density at radius 3 is 2.27 bits per heavy atom. The van der Waals surface area contributed by atoms with Gasteiger partial charge in [0.2, 0.25) is 5.88 Å². The molecule has 0 saturated carbocycles. The van der Waals surface area contributed by atoms with Crippen LogP contribution >= 0.6 is 0 Å². The Kier molecular flexibility index (Phi) is 4.35. The van der Waals surface area contributed by atoms with Crippen molar-refractivity contribution in [3.63, 3.8) is 0 Å². The second-order valence-corrected chi connectivity index (χ2v) is 5.75. The highest BCUT2D eigenvalue weighted by atomic mass is 16.5. The summed E-state index contributed by atoms with van der Waals surface area (Å²) in [6.07, 6.45) is 8.78. The Balaban J connectivity index is 1.63. The zero-order valence-electron chi connectivity index (χ0n) is 14.2. The molecule has 26 heavy (non-hydrogen) atoms. The van der Waals surface area contributed by atoms with E-state index in [9.17, 15) is 0 Å². The van der Waals surface area contributed by atoms with E-state index in [1.807, 2.05) is 55.6 Å². The summed E-state index contributed by atoms with van der Waals surface area (Å²) in [5.41, 5.74) is 3.97. The molecule has 4 aromatic rings. The lowest BCUT2D eigenvalue weighted by atomic mass is 10.0. The number of pyridine rings is 2. The van der Waals surface area contributed by atoms with Gasteiger partial charge < -0.3 is 4.74 Å². The molecule has 0 spiro atoms. The molecule has 0 aliphatic heterocycles. The number of rotatable bonds is 4. The van der Waals surface area contributed by atoms with Crippen molar-refractivity contribution in [2.45, 2.75) is 6.92 Å². The molecule has 0 atom stereocenters. The molecule has 0 radical (unpaired) electrons. The van der Waals surface area contributed by atoms with Crippen LogP contribution in [0.25, 0.3) is 22.5 Å². The van der Waals surface area contributed by atoms with E-state index >= 15 is 0 Å². The molecule has 0 aliphatic carbocycles. The van der Waals surface area contributed by atoms with Crippen LogP contribution in [0.2, 0.25) is 0 Å². The number of hydrogen-bond acceptors (Lipinski definition) is 5. The monoisotopic (exact) mass is 340 g/mol. The minimum atomic E-state index is 0.548. The van der Waals surface area contributed by atoms with Crippen LogP contribution in [0, 0.1) is 6.92 Å². The zero-order valence-corrected chi connectivity index (χ0v) is 14.2. The number of nitrogens with zero attached hydrogens (tertiary/aromatic N) is 4. The zero-order chi connectivity index (χ0) is 17.8. The van der Waals surface area contributed by atoms with Crippen molar-refractivity contribution in [2.75, 3.05) is 0 Å².